The zero-order valence-corrected chi connectivity index (χ0v) is 13.3. The van der Waals surface area contributed by atoms with Gasteiger partial charge in [0, 0.05) is 19.8 Å². The van der Waals surface area contributed by atoms with Gasteiger partial charge in [0.2, 0.25) is 0 Å². The van der Waals surface area contributed by atoms with Crippen LogP contribution in [0.2, 0.25) is 0 Å². The summed E-state index contributed by atoms with van der Waals surface area (Å²) in [4.78, 5) is 22.9. The molecule has 0 aromatic carbocycles. The smallest absolute Gasteiger partial charge is 0.308 e. The summed E-state index contributed by atoms with van der Waals surface area (Å²) in [7, 11) is 0. The molecule has 0 aromatic heterocycles. The molecule has 0 bridgehead atoms. The van der Waals surface area contributed by atoms with Gasteiger partial charge in [0.15, 0.2) is 11.5 Å². The molecule has 2 rings (SSSR count). The molecule has 4 nitrogen and oxygen atoms in total. The van der Waals surface area contributed by atoms with E-state index < -0.39 is 0 Å². The predicted octanol–water partition coefficient (Wildman–Crippen LogP) is 3.87. The van der Waals surface area contributed by atoms with Gasteiger partial charge in [-0.05, 0) is 43.6 Å². The SMILES string of the molecule is CCC1CC2=C(CCCC2C)C(OC(C)=O)=C1OC(C)=O. The fourth-order valence-electron chi connectivity index (χ4n) is 3.36. The van der Waals surface area contributed by atoms with Crippen LogP contribution >= 0.6 is 0 Å². The van der Waals surface area contributed by atoms with Crippen molar-refractivity contribution in [2.75, 3.05) is 0 Å². The van der Waals surface area contributed by atoms with Crippen molar-refractivity contribution in [1.29, 1.82) is 0 Å². The number of carbonyl (C=O) groups excluding carboxylic acids is 2. The van der Waals surface area contributed by atoms with Crippen LogP contribution in [0.4, 0.5) is 0 Å². The second-order valence-electron chi connectivity index (χ2n) is 5.99. The molecule has 4 heteroatoms. The van der Waals surface area contributed by atoms with E-state index in [4.69, 9.17) is 9.47 Å². The maximum absolute atomic E-state index is 11.5. The molecule has 0 amide bonds. The maximum Gasteiger partial charge on any atom is 0.308 e. The second-order valence-corrected chi connectivity index (χ2v) is 5.99. The van der Waals surface area contributed by atoms with Crippen LogP contribution < -0.4 is 0 Å². The summed E-state index contributed by atoms with van der Waals surface area (Å²) in [6.07, 6.45) is 4.90. The monoisotopic (exact) mass is 292 g/mol. The molecule has 0 radical (unpaired) electrons. The average Bonchev–Trinajstić information content (AvgIpc) is 2.40. The third-order valence-corrected chi connectivity index (χ3v) is 4.37. The molecule has 21 heavy (non-hydrogen) atoms. The quantitative estimate of drug-likeness (QED) is 0.741. The van der Waals surface area contributed by atoms with Gasteiger partial charge >= 0.3 is 11.9 Å². The Labute approximate surface area is 126 Å². The lowest BCUT2D eigenvalue weighted by molar-refractivity contribution is -0.141. The Balaban J connectivity index is 2.52. The van der Waals surface area contributed by atoms with E-state index in [1.807, 2.05) is 0 Å². The van der Waals surface area contributed by atoms with Crippen LogP contribution in [0.5, 0.6) is 0 Å². The largest absolute Gasteiger partial charge is 0.427 e. The molecular formula is C17H24O4. The van der Waals surface area contributed by atoms with E-state index in [1.54, 1.807) is 0 Å². The van der Waals surface area contributed by atoms with E-state index in [1.165, 1.54) is 25.8 Å². The Morgan fingerprint density at radius 1 is 1.19 bits per heavy atom. The van der Waals surface area contributed by atoms with Gasteiger partial charge in [-0.3, -0.25) is 9.59 Å². The van der Waals surface area contributed by atoms with Crippen LogP contribution in [0.1, 0.15) is 59.8 Å². The summed E-state index contributed by atoms with van der Waals surface area (Å²) in [5.41, 5.74) is 2.46. The number of carbonyl (C=O) groups is 2. The summed E-state index contributed by atoms with van der Waals surface area (Å²) in [5, 5.41) is 0. The number of rotatable bonds is 3. The van der Waals surface area contributed by atoms with Gasteiger partial charge in [-0.25, -0.2) is 0 Å². The first kappa shape index (κ1) is 15.8. The third kappa shape index (κ3) is 3.36. The Bertz CT molecular complexity index is 513. The van der Waals surface area contributed by atoms with Crippen molar-refractivity contribution in [3.8, 4) is 0 Å². The lowest BCUT2D eigenvalue weighted by atomic mass is 9.74. The summed E-state index contributed by atoms with van der Waals surface area (Å²) in [5.74, 6) is 0.956. The molecule has 116 valence electrons. The van der Waals surface area contributed by atoms with Crippen molar-refractivity contribution in [2.24, 2.45) is 11.8 Å². The van der Waals surface area contributed by atoms with E-state index in [2.05, 4.69) is 13.8 Å². The standard InChI is InChI=1S/C17H24O4/c1-5-13-9-15-10(2)7-6-8-14(15)17(21-12(4)19)16(13)20-11(3)18/h10,13H,5-9H2,1-4H3. The summed E-state index contributed by atoms with van der Waals surface area (Å²) in [6.45, 7) is 7.07. The molecule has 2 unspecified atom stereocenters. The first-order valence-corrected chi connectivity index (χ1v) is 7.77. The number of hydrogen-bond donors (Lipinski definition) is 0. The number of esters is 2. The van der Waals surface area contributed by atoms with Gasteiger partial charge in [0.1, 0.15) is 0 Å². The van der Waals surface area contributed by atoms with Crippen molar-refractivity contribution in [3.05, 3.63) is 22.7 Å². The summed E-state index contributed by atoms with van der Waals surface area (Å²) < 4.78 is 10.9. The molecule has 2 aliphatic rings. The van der Waals surface area contributed by atoms with Crippen LogP contribution in [0.3, 0.4) is 0 Å². The minimum atomic E-state index is -0.364. The van der Waals surface area contributed by atoms with Gasteiger partial charge in [-0.15, -0.1) is 0 Å². The molecule has 2 atom stereocenters. The number of ether oxygens (including phenoxy) is 2. The van der Waals surface area contributed by atoms with Crippen molar-refractivity contribution in [1.82, 2.24) is 0 Å². The van der Waals surface area contributed by atoms with Crippen molar-refractivity contribution in [3.63, 3.8) is 0 Å². The van der Waals surface area contributed by atoms with Gasteiger partial charge in [-0.2, -0.15) is 0 Å². The van der Waals surface area contributed by atoms with Crippen molar-refractivity contribution in [2.45, 2.75) is 59.8 Å². The average molecular weight is 292 g/mol. The second kappa shape index (κ2) is 6.46. The third-order valence-electron chi connectivity index (χ3n) is 4.37. The topological polar surface area (TPSA) is 52.6 Å². The Morgan fingerprint density at radius 3 is 2.43 bits per heavy atom. The molecule has 2 aliphatic carbocycles. The molecule has 0 aliphatic heterocycles. The van der Waals surface area contributed by atoms with Gasteiger partial charge in [0.05, 0.1) is 0 Å². The zero-order valence-electron chi connectivity index (χ0n) is 13.3. The van der Waals surface area contributed by atoms with Gasteiger partial charge in [0.25, 0.3) is 0 Å². The van der Waals surface area contributed by atoms with Crippen LogP contribution in [0.15, 0.2) is 22.7 Å². The molecule has 0 heterocycles. The minimum Gasteiger partial charge on any atom is -0.427 e. The summed E-state index contributed by atoms with van der Waals surface area (Å²) in [6, 6.07) is 0. The van der Waals surface area contributed by atoms with E-state index in [0.29, 0.717) is 17.4 Å². The van der Waals surface area contributed by atoms with Crippen LogP contribution in [-0.4, -0.2) is 11.9 Å². The Kier molecular flexibility index (Phi) is 4.86. The van der Waals surface area contributed by atoms with Crippen LogP contribution in [-0.2, 0) is 19.1 Å². The fourth-order valence-corrected chi connectivity index (χ4v) is 3.36. The molecule has 0 saturated heterocycles. The van der Waals surface area contributed by atoms with E-state index in [0.717, 1.165) is 31.3 Å². The lowest BCUT2D eigenvalue weighted by Crippen LogP contribution is -2.25. The van der Waals surface area contributed by atoms with Crippen LogP contribution in [0.25, 0.3) is 0 Å². The number of allylic oxidation sites excluding steroid dienone is 3. The lowest BCUT2D eigenvalue weighted by Gasteiger charge is -2.35. The summed E-state index contributed by atoms with van der Waals surface area (Å²) >= 11 is 0. The zero-order chi connectivity index (χ0) is 15.6. The van der Waals surface area contributed by atoms with E-state index in [-0.39, 0.29) is 17.9 Å². The Hall–Kier alpha value is -1.58. The first-order valence-electron chi connectivity index (χ1n) is 7.77. The van der Waals surface area contributed by atoms with Crippen molar-refractivity contribution >= 4 is 11.9 Å². The van der Waals surface area contributed by atoms with Crippen molar-refractivity contribution < 1.29 is 19.1 Å². The highest BCUT2D eigenvalue weighted by Gasteiger charge is 2.35. The van der Waals surface area contributed by atoms with E-state index in [9.17, 15) is 9.59 Å². The maximum atomic E-state index is 11.5. The molecule has 0 N–H and O–H groups in total. The fraction of sp³-hybridized carbons (Fsp3) is 0.647. The van der Waals surface area contributed by atoms with Gasteiger partial charge in [-0.1, -0.05) is 19.4 Å². The first-order chi connectivity index (χ1) is 9.93. The highest BCUT2D eigenvalue weighted by Crippen LogP contribution is 2.45. The molecule has 0 fully saturated rings. The molecular weight excluding hydrogens is 268 g/mol. The molecule has 0 saturated carbocycles. The number of hydrogen-bond acceptors (Lipinski definition) is 4. The van der Waals surface area contributed by atoms with E-state index >= 15 is 0 Å². The predicted molar refractivity (Wildman–Crippen MR) is 79.0 cm³/mol. The van der Waals surface area contributed by atoms with Gasteiger partial charge < -0.3 is 9.47 Å². The van der Waals surface area contributed by atoms with Crippen LogP contribution in [0, 0.1) is 11.8 Å². The highest BCUT2D eigenvalue weighted by molar-refractivity contribution is 5.70. The molecule has 0 aromatic rings. The normalized spacial score (nSPS) is 25.5. The minimum absolute atomic E-state index is 0.113. The highest BCUT2D eigenvalue weighted by atomic mass is 16.6. The Morgan fingerprint density at radius 2 is 1.86 bits per heavy atom. The molecule has 0 spiro atoms.